The zero-order chi connectivity index (χ0) is 24.9. The molecular formula is C25H38N4O4S. The van der Waals surface area contributed by atoms with Crippen LogP contribution in [-0.2, 0) is 14.8 Å². The predicted molar refractivity (Wildman–Crippen MR) is 131 cm³/mol. The van der Waals surface area contributed by atoms with Crippen molar-refractivity contribution in [3.63, 3.8) is 0 Å². The topological polar surface area (TPSA) is 90.0 Å². The molecule has 3 amide bonds. The summed E-state index contributed by atoms with van der Waals surface area (Å²) in [5.74, 6) is 0.416. The number of benzene rings is 1. The third-order valence-electron chi connectivity index (χ3n) is 7.94. The first-order valence-electron chi connectivity index (χ1n) is 12.3. The van der Waals surface area contributed by atoms with Crippen LogP contribution >= 0.6 is 0 Å². The Morgan fingerprint density at radius 1 is 1.03 bits per heavy atom. The van der Waals surface area contributed by atoms with Crippen molar-refractivity contribution < 1.29 is 18.0 Å². The summed E-state index contributed by atoms with van der Waals surface area (Å²) < 4.78 is 27.9. The lowest BCUT2D eigenvalue weighted by Crippen LogP contribution is -2.53. The van der Waals surface area contributed by atoms with Gasteiger partial charge in [-0.2, -0.15) is 4.31 Å². The Morgan fingerprint density at radius 2 is 1.65 bits per heavy atom. The molecule has 1 N–H and O–H groups in total. The number of carbonyl (C=O) groups is 2. The fourth-order valence-electron chi connectivity index (χ4n) is 5.56. The number of hydrogen-bond acceptors (Lipinski definition) is 5. The number of nitrogens with one attached hydrogen (secondary N) is 1. The van der Waals surface area contributed by atoms with Gasteiger partial charge in [-0.1, -0.05) is 32.9 Å². The van der Waals surface area contributed by atoms with E-state index in [2.05, 4.69) is 26.1 Å². The van der Waals surface area contributed by atoms with Gasteiger partial charge in [-0.3, -0.25) is 9.69 Å². The van der Waals surface area contributed by atoms with Gasteiger partial charge in [-0.15, -0.1) is 0 Å². The minimum atomic E-state index is -3.58. The Hall–Kier alpha value is -1.97. The summed E-state index contributed by atoms with van der Waals surface area (Å²) in [7, 11) is -3.58. The van der Waals surface area contributed by atoms with Crippen LogP contribution in [0.2, 0.25) is 0 Å². The Kier molecular flexibility index (Phi) is 6.59. The highest BCUT2D eigenvalue weighted by atomic mass is 32.2. The zero-order valence-electron chi connectivity index (χ0n) is 21.1. The van der Waals surface area contributed by atoms with Crippen LogP contribution in [0.5, 0.6) is 0 Å². The van der Waals surface area contributed by atoms with Crippen molar-refractivity contribution in [2.75, 3.05) is 32.8 Å². The number of imide groups is 1. The molecule has 0 unspecified atom stereocenters. The first kappa shape index (κ1) is 25.1. The number of aryl methyl sites for hydroxylation is 2. The highest BCUT2D eigenvalue weighted by molar-refractivity contribution is 7.89. The highest BCUT2D eigenvalue weighted by Crippen LogP contribution is 2.43. The second kappa shape index (κ2) is 8.91. The van der Waals surface area contributed by atoms with Crippen LogP contribution in [0.1, 0.15) is 57.6 Å². The number of urea groups is 1. The summed E-state index contributed by atoms with van der Waals surface area (Å²) in [6, 6.07) is 5.13. The van der Waals surface area contributed by atoms with E-state index in [1.54, 1.807) is 6.07 Å². The van der Waals surface area contributed by atoms with Crippen molar-refractivity contribution >= 4 is 22.0 Å². The maximum Gasteiger partial charge on any atom is 0.326 e. The second-order valence-corrected chi connectivity index (χ2v) is 13.2. The molecule has 1 saturated carbocycles. The van der Waals surface area contributed by atoms with Crippen molar-refractivity contribution in [2.45, 2.75) is 70.7 Å². The van der Waals surface area contributed by atoms with Gasteiger partial charge in [-0.25, -0.2) is 18.1 Å². The maximum atomic E-state index is 13.3. The summed E-state index contributed by atoms with van der Waals surface area (Å²) in [4.78, 5) is 29.7. The molecular weight excluding hydrogens is 452 g/mol. The van der Waals surface area contributed by atoms with Crippen molar-refractivity contribution in [3.8, 4) is 0 Å². The molecule has 1 aromatic rings. The lowest BCUT2D eigenvalue weighted by atomic mass is 9.67. The molecule has 1 aliphatic carbocycles. The van der Waals surface area contributed by atoms with E-state index in [0.29, 0.717) is 49.8 Å². The Balaban J connectivity index is 1.37. The molecule has 0 atom stereocenters. The maximum absolute atomic E-state index is 13.3. The fraction of sp³-hybridized carbons (Fsp3) is 0.680. The fourth-order valence-corrected chi connectivity index (χ4v) is 7.29. The molecule has 4 rings (SSSR count). The van der Waals surface area contributed by atoms with E-state index in [4.69, 9.17) is 0 Å². The number of sulfonamides is 1. The van der Waals surface area contributed by atoms with Gasteiger partial charge in [0, 0.05) is 26.2 Å². The van der Waals surface area contributed by atoms with Crippen LogP contribution in [0.4, 0.5) is 4.79 Å². The standard InChI is InChI=1S/C25H38N4O4S/c1-18-6-7-19(2)21(16-18)34(32,33)28-14-12-27(13-15-28)17-29-22(30)25(26-23(29)31)10-8-20(9-11-25)24(3,4)5/h6-7,16,20H,8-15,17H2,1-5H3,(H,26,31). The predicted octanol–water partition coefficient (Wildman–Crippen LogP) is 3.09. The second-order valence-electron chi connectivity index (χ2n) is 11.3. The molecule has 0 aromatic heterocycles. The minimum Gasteiger partial charge on any atom is -0.323 e. The van der Waals surface area contributed by atoms with Crippen molar-refractivity contribution in [1.82, 2.24) is 19.4 Å². The molecule has 0 radical (unpaired) electrons. The molecule has 9 heteroatoms. The molecule has 3 fully saturated rings. The summed E-state index contributed by atoms with van der Waals surface area (Å²) >= 11 is 0. The summed E-state index contributed by atoms with van der Waals surface area (Å²) in [5, 5.41) is 3.00. The molecule has 188 valence electrons. The largest absolute Gasteiger partial charge is 0.326 e. The SMILES string of the molecule is Cc1ccc(C)c(S(=O)(=O)N2CCN(CN3C(=O)NC4(CCC(C(C)(C)C)CC4)C3=O)CC2)c1. The molecule has 2 saturated heterocycles. The zero-order valence-corrected chi connectivity index (χ0v) is 21.9. The molecule has 34 heavy (non-hydrogen) atoms. The van der Waals surface area contributed by atoms with Crippen LogP contribution in [0.25, 0.3) is 0 Å². The van der Waals surface area contributed by atoms with Gasteiger partial charge in [0.1, 0.15) is 5.54 Å². The smallest absolute Gasteiger partial charge is 0.323 e. The lowest BCUT2D eigenvalue weighted by molar-refractivity contribution is -0.134. The van der Waals surface area contributed by atoms with Crippen LogP contribution in [0.15, 0.2) is 23.1 Å². The third-order valence-corrected chi connectivity index (χ3v) is 9.98. The van der Waals surface area contributed by atoms with Crippen molar-refractivity contribution in [2.24, 2.45) is 11.3 Å². The number of nitrogens with zero attached hydrogens (tertiary/aromatic N) is 3. The molecule has 0 bridgehead atoms. The quantitative estimate of drug-likeness (QED) is 0.655. The lowest BCUT2D eigenvalue weighted by Gasteiger charge is -2.40. The average molecular weight is 491 g/mol. The van der Waals surface area contributed by atoms with Crippen molar-refractivity contribution in [3.05, 3.63) is 29.3 Å². The third kappa shape index (κ3) is 4.62. The summed E-state index contributed by atoms with van der Waals surface area (Å²) in [5.41, 5.74) is 1.07. The number of rotatable bonds is 4. The van der Waals surface area contributed by atoms with E-state index in [9.17, 15) is 18.0 Å². The van der Waals surface area contributed by atoms with Crippen molar-refractivity contribution in [1.29, 1.82) is 0 Å². The molecule has 1 aromatic carbocycles. The monoisotopic (exact) mass is 490 g/mol. The van der Waals surface area contributed by atoms with Gasteiger partial charge >= 0.3 is 6.03 Å². The molecule has 2 aliphatic heterocycles. The Bertz CT molecular complexity index is 1060. The number of amides is 3. The Labute approximate surface area is 203 Å². The summed E-state index contributed by atoms with van der Waals surface area (Å²) in [6.45, 7) is 12.2. The summed E-state index contributed by atoms with van der Waals surface area (Å²) in [6.07, 6.45) is 3.21. The van der Waals surface area contributed by atoms with E-state index in [1.807, 2.05) is 30.9 Å². The molecule has 3 aliphatic rings. The van der Waals surface area contributed by atoms with E-state index < -0.39 is 15.6 Å². The van der Waals surface area contributed by atoms with Gasteiger partial charge in [0.15, 0.2) is 0 Å². The van der Waals surface area contributed by atoms with E-state index in [1.165, 1.54) is 9.21 Å². The van der Waals surface area contributed by atoms with Gasteiger partial charge in [0.2, 0.25) is 10.0 Å². The van der Waals surface area contributed by atoms with Crippen LogP contribution < -0.4 is 5.32 Å². The van der Waals surface area contributed by atoms with Gasteiger partial charge in [-0.05, 0) is 68.1 Å². The minimum absolute atomic E-state index is 0.129. The van der Waals surface area contributed by atoms with E-state index in [0.717, 1.165) is 24.0 Å². The first-order chi connectivity index (χ1) is 15.8. The van der Waals surface area contributed by atoms with Crippen LogP contribution in [0.3, 0.4) is 0 Å². The number of hydrogen-bond donors (Lipinski definition) is 1. The molecule has 8 nitrogen and oxygen atoms in total. The molecule has 1 spiro atoms. The average Bonchev–Trinajstić information content (AvgIpc) is 2.99. The van der Waals surface area contributed by atoms with Gasteiger partial charge in [0.25, 0.3) is 5.91 Å². The Morgan fingerprint density at radius 3 is 2.24 bits per heavy atom. The number of piperazine rings is 1. The van der Waals surface area contributed by atoms with Crippen LogP contribution in [0, 0.1) is 25.2 Å². The van der Waals surface area contributed by atoms with E-state index >= 15 is 0 Å². The first-order valence-corrected chi connectivity index (χ1v) is 13.7. The number of carbonyl (C=O) groups excluding carboxylic acids is 2. The van der Waals surface area contributed by atoms with Crippen LogP contribution in [-0.4, -0.2) is 72.8 Å². The molecule has 2 heterocycles. The van der Waals surface area contributed by atoms with Gasteiger partial charge < -0.3 is 5.32 Å². The highest BCUT2D eigenvalue weighted by Gasteiger charge is 2.53. The van der Waals surface area contributed by atoms with E-state index in [-0.39, 0.29) is 24.0 Å². The normalized spacial score (nSPS) is 27.4. The van der Waals surface area contributed by atoms with Gasteiger partial charge in [0.05, 0.1) is 11.6 Å².